The van der Waals surface area contributed by atoms with Crippen LogP contribution in [0.1, 0.15) is 31.7 Å². The molecular formula is C22H28N4O3. The quantitative estimate of drug-likeness (QED) is 0.328. The number of anilines is 1. The molecule has 7 nitrogen and oxygen atoms in total. The van der Waals surface area contributed by atoms with Gasteiger partial charge in [0.25, 0.3) is 0 Å². The molecular weight excluding hydrogens is 368 g/mol. The van der Waals surface area contributed by atoms with Gasteiger partial charge in [0, 0.05) is 37.7 Å². The van der Waals surface area contributed by atoms with Crippen molar-refractivity contribution in [2.45, 2.75) is 26.2 Å². The number of carbonyl (C=O) groups excluding carboxylic acids is 1. The molecule has 2 aromatic rings. The van der Waals surface area contributed by atoms with Crippen LogP contribution in [-0.4, -0.2) is 55.0 Å². The van der Waals surface area contributed by atoms with Crippen LogP contribution < -0.4 is 9.64 Å². The van der Waals surface area contributed by atoms with E-state index in [1.165, 1.54) is 0 Å². The van der Waals surface area contributed by atoms with E-state index in [4.69, 9.17) is 9.57 Å². The Labute approximate surface area is 171 Å². The van der Waals surface area contributed by atoms with Gasteiger partial charge in [-0.15, -0.1) is 0 Å². The van der Waals surface area contributed by atoms with Crippen molar-refractivity contribution in [3.8, 4) is 5.75 Å². The molecule has 2 amide bonds. The lowest BCUT2D eigenvalue weighted by atomic mass is 10.2. The first kappa shape index (κ1) is 20.6. The van der Waals surface area contributed by atoms with Gasteiger partial charge in [-0.25, -0.2) is 4.79 Å². The van der Waals surface area contributed by atoms with Crippen LogP contribution in [0.2, 0.25) is 0 Å². The number of unbranched alkanes of at least 4 members (excludes halogenated alkanes) is 2. The van der Waals surface area contributed by atoms with Crippen LogP contribution in [-0.2, 0) is 4.84 Å². The number of hydrogen-bond donors (Lipinski definition) is 0. The predicted octanol–water partition coefficient (Wildman–Crippen LogP) is 3.94. The van der Waals surface area contributed by atoms with Crippen LogP contribution in [0, 0.1) is 0 Å². The molecule has 0 atom stereocenters. The number of ether oxygens (including phenoxy) is 1. The van der Waals surface area contributed by atoms with Gasteiger partial charge in [-0.2, -0.15) is 0 Å². The van der Waals surface area contributed by atoms with E-state index < -0.39 is 0 Å². The number of hydrogen-bond acceptors (Lipinski definition) is 5. The maximum Gasteiger partial charge on any atom is 0.324 e. The van der Waals surface area contributed by atoms with Gasteiger partial charge in [-0.1, -0.05) is 5.16 Å². The van der Waals surface area contributed by atoms with Crippen molar-refractivity contribution in [1.29, 1.82) is 0 Å². The zero-order valence-electron chi connectivity index (χ0n) is 16.9. The molecule has 29 heavy (non-hydrogen) atoms. The third kappa shape index (κ3) is 6.20. The lowest BCUT2D eigenvalue weighted by Crippen LogP contribution is -2.32. The average Bonchev–Trinajstić information content (AvgIpc) is 3.13. The second-order valence-corrected chi connectivity index (χ2v) is 6.76. The summed E-state index contributed by atoms with van der Waals surface area (Å²) in [5.74, 6) is 0.848. The van der Waals surface area contributed by atoms with E-state index in [0.29, 0.717) is 13.2 Å². The Bertz CT molecular complexity index is 780. The standard InChI is InChI=1S/C22H28N4O3/c1-2-29-24-18-19-6-8-21(9-7-19)28-17-5-3-4-14-25-15-16-26(22(25)27)20-10-12-23-13-11-20/h6-13,18H,2-5,14-17H2,1H3/b24-18+. The van der Waals surface area contributed by atoms with Crippen LogP contribution in [0.25, 0.3) is 0 Å². The maximum atomic E-state index is 12.5. The molecule has 0 bridgehead atoms. The first-order chi connectivity index (χ1) is 14.3. The minimum absolute atomic E-state index is 0.0837. The van der Waals surface area contributed by atoms with Crippen molar-refractivity contribution >= 4 is 17.9 Å². The Hall–Kier alpha value is -3.09. The van der Waals surface area contributed by atoms with Crippen LogP contribution in [0.5, 0.6) is 5.75 Å². The largest absolute Gasteiger partial charge is 0.494 e. The number of oxime groups is 1. The number of carbonyl (C=O) groups is 1. The summed E-state index contributed by atoms with van der Waals surface area (Å²) in [6.07, 6.45) is 8.08. The van der Waals surface area contributed by atoms with Crippen molar-refractivity contribution in [1.82, 2.24) is 9.88 Å². The monoisotopic (exact) mass is 396 g/mol. The minimum atomic E-state index is 0.0837. The molecule has 1 saturated heterocycles. The first-order valence-electron chi connectivity index (χ1n) is 10.1. The summed E-state index contributed by atoms with van der Waals surface area (Å²) in [6, 6.07) is 11.6. The lowest BCUT2D eigenvalue weighted by Gasteiger charge is -2.18. The maximum absolute atomic E-state index is 12.5. The van der Waals surface area contributed by atoms with E-state index in [2.05, 4.69) is 10.1 Å². The van der Waals surface area contributed by atoms with E-state index in [-0.39, 0.29) is 6.03 Å². The summed E-state index contributed by atoms with van der Waals surface area (Å²) in [6.45, 7) is 5.42. The van der Waals surface area contributed by atoms with Gasteiger partial charge in [0.15, 0.2) is 0 Å². The predicted molar refractivity (Wildman–Crippen MR) is 114 cm³/mol. The van der Waals surface area contributed by atoms with Crippen LogP contribution in [0.15, 0.2) is 53.9 Å². The smallest absolute Gasteiger partial charge is 0.324 e. The summed E-state index contributed by atoms with van der Waals surface area (Å²) in [4.78, 5) is 25.2. The Morgan fingerprint density at radius 2 is 1.86 bits per heavy atom. The number of aromatic nitrogens is 1. The number of nitrogens with zero attached hydrogens (tertiary/aromatic N) is 4. The zero-order chi connectivity index (χ0) is 20.3. The molecule has 154 valence electrons. The average molecular weight is 396 g/mol. The number of pyridine rings is 1. The fraction of sp³-hybridized carbons (Fsp3) is 0.409. The van der Waals surface area contributed by atoms with E-state index >= 15 is 0 Å². The van der Waals surface area contributed by atoms with Crippen LogP contribution in [0.4, 0.5) is 10.5 Å². The van der Waals surface area contributed by atoms with Gasteiger partial charge in [-0.3, -0.25) is 9.88 Å². The highest BCUT2D eigenvalue weighted by molar-refractivity contribution is 5.94. The Morgan fingerprint density at radius 1 is 1.07 bits per heavy atom. The highest BCUT2D eigenvalue weighted by Gasteiger charge is 2.28. The molecule has 0 N–H and O–H groups in total. The number of rotatable bonds is 11. The number of benzene rings is 1. The van der Waals surface area contributed by atoms with Crippen molar-refractivity contribution in [2.24, 2.45) is 5.16 Å². The van der Waals surface area contributed by atoms with E-state index in [0.717, 1.165) is 55.9 Å². The Balaban J connectivity index is 1.30. The van der Waals surface area contributed by atoms with Crippen LogP contribution in [0.3, 0.4) is 0 Å². The zero-order valence-corrected chi connectivity index (χ0v) is 16.9. The van der Waals surface area contributed by atoms with Gasteiger partial charge in [0.1, 0.15) is 12.4 Å². The molecule has 0 radical (unpaired) electrons. The van der Waals surface area contributed by atoms with Gasteiger partial charge in [0.05, 0.1) is 12.8 Å². The minimum Gasteiger partial charge on any atom is -0.494 e. The van der Waals surface area contributed by atoms with Crippen molar-refractivity contribution in [3.63, 3.8) is 0 Å². The number of urea groups is 1. The molecule has 0 aliphatic carbocycles. The van der Waals surface area contributed by atoms with E-state index in [1.54, 1.807) is 18.6 Å². The fourth-order valence-corrected chi connectivity index (χ4v) is 3.15. The van der Waals surface area contributed by atoms with E-state index in [1.807, 2.05) is 53.1 Å². The molecule has 1 aliphatic rings. The summed E-state index contributed by atoms with van der Waals surface area (Å²) in [5, 5.41) is 3.85. The highest BCUT2D eigenvalue weighted by atomic mass is 16.6. The normalized spacial score (nSPS) is 14.0. The summed E-state index contributed by atoms with van der Waals surface area (Å²) >= 11 is 0. The molecule has 1 fully saturated rings. The molecule has 2 heterocycles. The topological polar surface area (TPSA) is 67.3 Å². The Kier molecular flexibility index (Phi) is 7.86. The molecule has 0 saturated carbocycles. The summed E-state index contributed by atoms with van der Waals surface area (Å²) in [7, 11) is 0. The first-order valence-corrected chi connectivity index (χ1v) is 10.1. The molecule has 0 unspecified atom stereocenters. The van der Waals surface area contributed by atoms with Crippen LogP contribution >= 0.6 is 0 Å². The van der Waals surface area contributed by atoms with Gasteiger partial charge < -0.3 is 14.5 Å². The summed E-state index contributed by atoms with van der Waals surface area (Å²) in [5.41, 5.74) is 1.89. The van der Waals surface area contributed by atoms with Gasteiger partial charge in [-0.05, 0) is 68.1 Å². The molecule has 7 heteroatoms. The SMILES string of the molecule is CCO/N=C/c1ccc(OCCCCCN2CCN(c3ccncc3)C2=O)cc1. The highest BCUT2D eigenvalue weighted by Crippen LogP contribution is 2.19. The fourth-order valence-electron chi connectivity index (χ4n) is 3.15. The third-order valence-corrected chi connectivity index (χ3v) is 4.70. The molecule has 3 rings (SSSR count). The Morgan fingerprint density at radius 3 is 2.62 bits per heavy atom. The van der Waals surface area contributed by atoms with Crippen molar-refractivity contribution in [2.75, 3.05) is 37.7 Å². The molecule has 0 spiro atoms. The van der Waals surface area contributed by atoms with Crippen molar-refractivity contribution < 1.29 is 14.4 Å². The lowest BCUT2D eigenvalue weighted by molar-refractivity contribution is 0.160. The van der Waals surface area contributed by atoms with E-state index in [9.17, 15) is 4.79 Å². The number of amides is 2. The second-order valence-electron chi connectivity index (χ2n) is 6.76. The second kappa shape index (κ2) is 11.0. The van der Waals surface area contributed by atoms with Gasteiger partial charge >= 0.3 is 6.03 Å². The van der Waals surface area contributed by atoms with Crippen molar-refractivity contribution in [3.05, 3.63) is 54.4 Å². The third-order valence-electron chi connectivity index (χ3n) is 4.70. The molecule has 1 aromatic heterocycles. The molecule has 1 aliphatic heterocycles. The molecule has 1 aromatic carbocycles. The summed E-state index contributed by atoms with van der Waals surface area (Å²) < 4.78 is 5.78. The van der Waals surface area contributed by atoms with Gasteiger partial charge in [0.2, 0.25) is 0 Å².